The van der Waals surface area contributed by atoms with E-state index in [2.05, 4.69) is 27.9 Å². The lowest BCUT2D eigenvalue weighted by atomic mass is 10.0. The topological polar surface area (TPSA) is 49.4 Å². The summed E-state index contributed by atoms with van der Waals surface area (Å²) in [5.74, 6) is 0.230. The number of halogens is 1. The standard InChI is InChI=1S/C16H21IN2O2/c1-11(2)16(21)19-9-7-12(8-10-19)18-15(20)13-5-3-4-6-14(13)17/h3-6,11-12H,7-10H2,1-2H3,(H,18,20). The number of likely N-dealkylation sites (tertiary alicyclic amines) is 1. The third-order valence-corrected chi connectivity index (χ3v) is 4.69. The first-order valence-corrected chi connectivity index (χ1v) is 8.41. The number of benzene rings is 1. The van der Waals surface area contributed by atoms with Crippen molar-refractivity contribution >= 4 is 34.4 Å². The maximum absolute atomic E-state index is 12.3. The van der Waals surface area contributed by atoms with Gasteiger partial charge in [0.2, 0.25) is 5.91 Å². The average molecular weight is 400 g/mol. The van der Waals surface area contributed by atoms with Gasteiger partial charge in [0.05, 0.1) is 5.56 Å². The molecule has 21 heavy (non-hydrogen) atoms. The molecule has 0 aliphatic carbocycles. The number of amides is 2. The van der Waals surface area contributed by atoms with Crippen molar-refractivity contribution in [3.63, 3.8) is 0 Å². The second-order valence-electron chi connectivity index (χ2n) is 5.71. The molecular weight excluding hydrogens is 379 g/mol. The lowest BCUT2D eigenvalue weighted by Crippen LogP contribution is -2.47. The summed E-state index contributed by atoms with van der Waals surface area (Å²) in [6.45, 7) is 5.31. The van der Waals surface area contributed by atoms with Crippen LogP contribution in [0.4, 0.5) is 0 Å². The molecule has 1 aromatic carbocycles. The zero-order valence-electron chi connectivity index (χ0n) is 12.4. The van der Waals surface area contributed by atoms with Crippen molar-refractivity contribution in [2.24, 2.45) is 5.92 Å². The van der Waals surface area contributed by atoms with E-state index < -0.39 is 0 Å². The van der Waals surface area contributed by atoms with E-state index in [0.717, 1.165) is 35.1 Å². The lowest BCUT2D eigenvalue weighted by Gasteiger charge is -2.33. The van der Waals surface area contributed by atoms with Crippen LogP contribution < -0.4 is 5.32 Å². The van der Waals surface area contributed by atoms with Crippen molar-refractivity contribution in [2.45, 2.75) is 32.7 Å². The number of carbonyl (C=O) groups is 2. The number of hydrogen-bond acceptors (Lipinski definition) is 2. The van der Waals surface area contributed by atoms with Crippen LogP contribution in [-0.4, -0.2) is 35.8 Å². The summed E-state index contributed by atoms with van der Waals surface area (Å²) in [7, 11) is 0. The van der Waals surface area contributed by atoms with Crippen LogP contribution in [0.5, 0.6) is 0 Å². The SMILES string of the molecule is CC(C)C(=O)N1CCC(NC(=O)c2ccccc2I)CC1. The van der Waals surface area contributed by atoms with Crippen LogP contribution in [0.3, 0.4) is 0 Å². The highest BCUT2D eigenvalue weighted by Gasteiger charge is 2.25. The number of nitrogens with zero attached hydrogens (tertiary/aromatic N) is 1. The van der Waals surface area contributed by atoms with Crippen LogP contribution in [0, 0.1) is 9.49 Å². The Bertz CT molecular complexity index is 523. The molecule has 1 N–H and O–H groups in total. The van der Waals surface area contributed by atoms with E-state index in [9.17, 15) is 9.59 Å². The molecule has 1 aliphatic heterocycles. The van der Waals surface area contributed by atoms with Crippen molar-refractivity contribution in [3.8, 4) is 0 Å². The van der Waals surface area contributed by atoms with E-state index in [1.165, 1.54) is 0 Å². The van der Waals surface area contributed by atoms with Crippen molar-refractivity contribution < 1.29 is 9.59 Å². The Morgan fingerprint density at radius 3 is 2.43 bits per heavy atom. The first-order chi connectivity index (χ1) is 9.99. The Morgan fingerprint density at radius 2 is 1.86 bits per heavy atom. The third kappa shape index (κ3) is 4.18. The monoisotopic (exact) mass is 400 g/mol. The molecule has 1 aromatic rings. The van der Waals surface area contributed by atoms with Crippen molar-refractivity contribution in [1.29, 1.82) is 0 Å². The average Bonchev–Trinajstić information content (AvgIpc) is 2.47. The quantitative estimate of drug-likeness (QED) is 0.794. The van der Waals surface area contributed by atoms with Crippen LogP contribution in [0.2, 0.25) is 0 Å². The highest BCUT2D eigenvalue weighted by Crippen LogP contribution is 2.15. The summed E-state index contributed by atoms with van der Waals surface area (Å²) in [4.78, 5) is 26.1. The van der Waals surface area contributed by atoms with Crippen molar-refractivity contribution in [3.05, 3.63) is 33.4 Å². The van der Waals surface area contributed by atoms with E-state index in [-0.39, 0.29) is 23.8 Å². The summed E-state index contributed by atoms with van der Waals surface area (Å²) in [6.07, 6.45) is 1.65. The van der Waals surface area contributed by atoms with Gasteiger partial charge >= 0.3 is 0 Å². The highest BCUT2D eigenvalue weighted by atomic mass is 127. The molecule has 0 spiro atoms. The predicted molar refractivity (Wildman–Crippen MR) is 91.1 cm³/mol. The van der Waals surface area contributed by atoms with E-state index >= 15 is 0 Å². The van der Waals surface area contributed by atoms with Crippen LogP contribution >= 0.6 is 22.6 Å². The van der Waals surface area contributed by atoms with Gasteiger partial charge in [-0.3, -0.25) is 9.59 Å². The van der Waals surface area contributed by atoms with Crippen molar-refractivity contribution in [2.75, 3.05) is 13.1 Å². The minimum atomic E-state index is -0.0198. The fourth-order valence-electron chi connectivity index (χ4n) is 2.52. The van der Waals surface area contributed by atoms with Crippen LogP contribution in [0.25, 0.3) is 0 Å². The van der Waals surface area contributed by atoms with Gasteiger partial charge in [-0.25, -0.2) is 0 Å². The number of carbonyl (C=O) groups excluding carboxylic acids is 2. The van der Waals surface area contributed by atoms with Gasteiger partial charge in [-0.1, -0.05) is 26.0 Å². The van der Waals surface area contributed by atoms with E-state index in [0.29, 0.717) is 0 Å². The number of rotatable bonds is 3. The molecule has 0 unspecified atom stereocenters. The third-order valence-electron chi connectivity index (χ3n) is 3.75. The Hall–Kier alpha value is -1.11. The normalized spacial score (nSPS) is 16.1. The molecule has 0 radical (unpaired) electrons. The van der Waals surface area contributed by atoms with Gasteiger partial charge in [0.15, 0.2) is 0 Å². The summed E-state index contributed by atoms with van der Waals surface area (Å²) < 4.78 is 0.958. The molecule has 1 saturated heterocycles. The zero-order chi connectivity index (χ0) is 15.4. The number of hydrogen-bond donors (Lipinski definition) is 1. The molecule has 114 valence electrons. The molecule has 1 fully saturated rings. The molecule has 0 bridgehead atoms. The van der Waals surface area contributed by atoms with Gasteiger partial charge in [0.25, 0.3) is 5.91 Å². The molecule has 0 aromatic heterocycles. The molecule has 4 nitrogen and oxygen atoms in total. The molecule has 1 heterocycles. The van der Waals surface area contributed by atoms with E-state index in [1.807, 2.05) is 43.0 Å². The van der Waals surface area contributed by atoms with E-state index in [1.54, 1.807) is 0 Å². The molecule has 0 saturated carbocycles. The van der Waals surface area contributed by atoms with Crippen LogP contribution in [0.15, 0.2) is 24.3 Å². The summed E-state index contributed by atoms with van der Waals surface area (Å²) in [5, 5.41) is 3.08. The van der Waals surface area contributed by atoms with Gasteiger partial charge in [0, 0.05) is 28.6 Å². The maximum Gasteiger partial charge on any atom is 0.252 e. The fourth-order valence-corrected chi connectivity index (χ4v) is 3.15. The number of piperidine rings is 1. The van der Waals surface area contributed by atoms with Gasteiger partial charge in [0.1, 0.15) is 0 Å². The Balaban J connectivity index is 1.88. The Labute approximate surface area is 139 Å². The minimum Gasteiger partial charge on any atom is -0.349 e. The molecule has 2 amide bonds. The zero-order valence-corrected chi connectivity index (χ0v) is 14.6. The Kier molecular flexibility index (Phi) is 5.61. The first-order valence-electron chi connectivity index (χ1n) is 7.33. The van der Waals surface area contributed by atoms with Gasteiger partial charge in [-0.05, 0) is 47.6 Å². The highest BCUT2D eigenvalue weighted by molar-refractivity contribution is 14.1. The predicted octanol–water partition coefficient (Wildman–Crippen LogP) is 2.67. The van der Waals surface area contributed by atoms with Gasteiger partial charge in [-0.2, -0.15) is 0 Å². The minimum absolute atomic E-state index is 0.0198. The molecule has 1 aliphatic rings. The maximum atomic E-state index is 12.3. The smallest absolute Gasteiger partial charge is 0.252 e. The van der Waals surface area contributed by atoms with Crippen molar-refractivity contribution in [1.82, 2.24) is 10.2 Å². The van der Waals surface area contributed by atoms with Crippen LogP contribution in [0.1, 0.15) is 37.0 Å². The lowest BCUT2D eigenvalue weighted by molar-refractivity contribution is -0.135. The van der Waals surface area contributed by atoms with Gasteiger partial charge in [-0.15, -0.1) is 0 Å². The molecule has 5 heteroatoms. The second kappa shape index (κ2) is 7.24. The Morgan fingerprint density at radius 1 is 1.24 bits per heavy atom. The summed E-state index contributed by atoms with van der Waals surface area (Å²) in [5.41, 5.74) is 0.721. The second-order valence-corrected chi connectivity index (χ2v) is 6.87. The van der Waals surface area contributed by atoms with Gasteiger partial charge < -0.3 is 10.2 Å². The summed E-state index contributed by atoms with van der Waals surface area (Å²) >= 11 is 2.18. The molecule has 0 atom stereocenters. The molecular formula is C16H21IN2O2. The fraction of sp³-hybridized carbons (Fsp3) is 0.500. The largest absolute Gasteiger partial charge is 0.349 e. The van der Waals surface area contributed by atoms with Crippen LogP contribution in [-0.2, 0) is 4.79 Å². The molecule has 2 rings (SSSR count). The summed E-state index contributed by atoms with van der Waals surface area (Å²) in [6, 6.07) is 7.73. The number of nitrogens with one attached hydrogen (secondary N) is 1. The first kappa shape index (κ1) is 16.3. The van der Waals surface area contributed by atoms with E-state index in [4.69, 9.17) is 0 Å².